The van der Waals surface area contributed by atoms with Crippen LogP contribution in [0.3, 0.4) is 0 Å². The van der Waals surface area contributed by atoms with E-state index >= 15 is 0 Å². The van der Waals surface area contributed by atoms with Crippen LogP contribution in [0.1, 0.15) is 79.4 Å². The van der Waals surface area contributed by atoms with Gasteiger partial charge < -0.3 is 20.5 Å². The molecule has 0 atom stereocenters. The highest BCUT2D eigenvalue weighted by atomic mass is 35.5. The van der Waals surface area contributed by atoms with Gasteiger partial charge in [0.05, 0.1) is 5.69 Å². The molecule has 0 aliphatic heterocycles. The topological polar surface area (TPSA) is 87.7 Å². The summed E-state index contributed by atoms with van der Waals surface area (Å²) >= 11 is 6.12. The number of rotatable bonds is 14. The molecule has 0 heterocycles. The van der Waals surface area contributed by atoms with Crippen molar-refractivity contribution in [3.63, 3.8) is 0 Å². The molecule has 0 saturated heterocycles. The van der Waals surface area contributed by atoms with Crippen molar-refractivity contribution >= 4 is 34.8 Å². The molecule has 2 amide bonds. The normalized spacial score (nSPS) is 10.8. The Morgan fingerprint density at radius 3 is 2.38 bits per heavy atom. The number of aromatic hydroxyl groups is 1. The van der Waals surface area contributed by atoms with Crippen LogP contribution in [-0.4, -0.2) is 23.5 Å². The van der Waals surface area contributed by atoms with E-state index in [9.17, 15) is 14.7 Å². The van der Waals surface area contributed by atoms with Crippen LogP contribution in [0.25, 0.3) is 0 Å². The lowest BCUT2D eigenvalue weighted by Crippen LogP contribution is -2.21. The number of carbonyl (C=O) groups excluding carboxylic acids is 2. The van der Waals surface area contributed by atoms with Crippen molar-refractivity contribution in [3.8, 4) is 11.5 Å². The lowest BCUT2D eigenvalue weighted by molar-refractivity contribution is -0.118. The monoisotopic (exact) mass is 550 g/mol. The Bertz CT molecular complexity index is 1280. The van der Waals surface area contributed by atoms with E-state index in [-0.39, 0.29) is 24.0 Å². The number of ether oxygens (including phenoxy) is 1. The van der Waals surface area contributed by atoms with Crippen LogP contribution < -0.4 is 15.4 Å². The van der Waals surface area contributed by atoms with Gasteiger partial charge in [-0.25, -0.2) is 0 Å². The third-order valence-electron chi connectivity index (χ3n) is 6.54. The van der Waals surface area contributed by atoms with Gasteiger partial charge in [0.25, 0.3) is 11.8 Å². The number of nitrogens with one attached hydrogen (secondary N) is 2. The summed E-state index contributed by atoms with van der Waals surface area (Å²) in [4.78, 5) is 25.5. The Morgan fingerprint density at radius 1 is 0.897 bits per heavy atom. The summed E-state index contributed by atoms with van der Waals surface area (Å²) in [7, 11) is 0. The SMILES string of the molecule is CCCCCc1ccc(OCC(=O)Nc2cccc(C(=O)Nc3cc(Cl)c(C)cc3O)c2)c(CCCCC)c1. The van der Waals surface area contributed by atoms with E-state index in [1.807, 2.05) is 6.07 Å². The molecular weight excluding hydrogens is 512 g/mol. The molecule has 3 N–H and O–H groups in total. The molecule has 0 saturated carbocycles. The molecule has 208 valence electrons. The molecule has 0 radical (unpaired) electrons. The highest BCUT2D eigenvalue weighted by Gasteiger charge is 2.13. The minimum atomic E-state index is -0.437. The number of phenolic OH excluding ortho intramolecular Hbond substituents is 1. The molecule has 3 aromatic carbocycles. The van der Waals surface area contributed by atoms with Crippen LogP contribution in [0.5, 0.6) is 11.5 Å². The van der Waals surface area contributed by atoms with Crippen LogP contribution >= 0.6 is 11.6 Å². The summed E-state index contributed by atoms with van der Waals surface area (Å²) in [6.07, 6.45) is 8.94. The molecule has 6 nitrogen and oxygen atoms in total. The quantitative estimate of drug-likeness (QED) is 0.140. The van der Waals surface area contributed by atoms with Crippen LogP contribution in [0.15, 0.2) is 54.6 Å². The number of hydrogen-bond donors (Lipinski definition) is 3. The van der Waals surface area contributed by atoms with Gasteiger partial charge in [-0.1, -0.05) is 69.3 Å². The average Bonchev–Trinajstić information content (AvgIpc) is 2.91. The molecule has 3 rings (SSSR count). The fraction of sp³-hybridized carbons (Fsp3) is 0.375. The number of phenols is 1. The summed E-state index contributed by atoms with van der Waals surface area (Å²) in [5.41, 5.74) is 4.16. The minimum Gasteiger partial charge on any atom is -0.506 e. The second kappa shape index (κ2) is 15.2. The van der Waals surface area contributed by atoms with Crippen molar-refractivity contribution in [3.05, 3.63) is 81.9 Å². The number of aryl methyl sites for hydroxylation is 3. The Balaban J connectivity index is 1.62. The number of benzene rings is 3. The maximum Gasteiger partial charge on any atom is 0.262 e. The summed E-state index contributed by atoms with van der Waals surface area (Å²) in [6.45, 7) is 6.02. The van der Waals surface area contributed by atoms with E-state index in [1.54, 1.807) is 31.2 Å². The predicted octanol–water partition coefficient (Wildman–Crippen LogP) is 8.09. The summed E-state index contributed by atoms with van der Waals surface area (Å²) in [5, 5.41) is 16.0. The molecule has 0 aromatic heterocycles. The minimum absolute atomic E-state index is 0.0742. The first kappa shape index (κ1) is 30.0. The first-order valence-corrected chi connectivity index (χ1v) is 14.1. The highest BCUT2D eigenvalue weighted by molar-refractivity contribution is 6.31. The summed E-state index contributed by atoms with van der Waals surface area (Å²) in [5.74, 6) is -0.0875. The predicted molar refractivity (Wildman–Crippen MR) is 159 cm³/mol. The van der Waals surface area contributed by atoms with Gasteiger partial charge in [0, 0.05) is 16.3 Å². The van der Waals surface area contributed by atoms with Gasteiger partial charge in [0.2, 0.25) is 0 Å². The second-order valence-corrected chi connectivity index (χ2v) is 10.3. The van der Waals surface area contributed by atoms with Crippen molar-refractivity contribution in [2.24, 2.45) is 0 Å². The number of carbonyl (C=O) groups is 2. The molecule has 0 fully saturated rings. The van der Waals surface area contributed by atoms with Gasteiger partial charge in [-0.3, -0.25) is 9.59 Å². The van der Waals surface area contributed by atoms with Crippen LogP contribution in [-0.2, 0) is 17.6 Å². The molecule has 0 bridgehead atoms. The van der Waals surface area contributed by atoms with E-state index in [2.05, 4.69) is 36.6 Å². The number of halogens is 1. The zero-order chi connectivity index (χ0) is 28.2. The Morgan fingerprint density at radius 2 is 1.64 bits per heavy atom. The third kappa shape index (κ3) is 9.32. The van der Waals surface area contributed by atoms with E-state index in [0.717, 1.165) is 43.4 Å². The average molecular weight is 551 g/mol. The molecule has 0 aliphatic carbocycles. The van der Waals surface area contributed by atoms with Gasteiger partial charge in [0.15, 0.2) is 6.61 Å². The van der Waals surface area contributed by atoms with Crippen molar-refractivity contribution in [2.45, 2.75) is 72.1 Å². The molecule has 39 heavy (non-hydrogen) atoms. The van der Waals surface area contributed by atoms with Gasteiger partial charge >= 0.3 is 0 Å². The number of amides is 2. The molecular formula is C32H39ClN2O4. The van der Waals surface area contributed by atoms with Crippen molar-refractivity contribution in [2.75, 3.05) is 17.2 Å². The summed E-state index contributed by atoms with van der Waals surface area (Å²) in [6, 6.07) is 15.9. The van der Waals surface area contributed by atoms with Crippen LogP contribution in [0.4, 0.5) is 11.4 Å². The van der Waals surface area contributed by atoms with Gasteiger partial charge in [-0.05, 0) is 85.7 Å². The fourth-order valence-corrected chi connectivity index (χ4v) is 4.47. The fourth-order valence-electron chi connectivity index (χ4n) is 4.31. The van der Waals surface area contributed by atoms with Gasteiger partial charge in [0.1, 0.15) is 11.5 Å². The molecule has 0 aliphatic rings. The Labute approximate surface area is 236 Å². The smallest absolute Gasteiger partial charge is 0.262 e. The molecule has 3 aromatic rings. The zero-order valence-electron chi connectivity index (χ0n) is 23.1. The summed E-state index contributed by atoms with van der Waals surface area (Å²) < 4.78 is 5.94. The maximum atomic E-state index is 12.8. The Hall–Kier alpha value is -3.51. The van der Waals surface area contributed by atoms with Crippen LogP contribution in [0.2, 0.25) is 5.02 Å². The molecule has 0 spiro atoms. The molecule has 7 heteroatoms. The van der Waals surface area contributed by atoms with Crippen molar-refractivity contribution < 1.29 is 19.4 Å². The second-order valence-electron chi connectivity index (χ2n) is 9.85. The van der Waals surface area contributed by atoms with Gasteiger partial charge in [-0.2, -0.15) is 0 Å². The Kier molecular flexibility index (Phi) is 11.7. The standard InChI is InChI=1S/C32H39ClN2O4/c1-4-6-8-11-23-15-16-30(24(18-23)12-9-7-5-2)39-21-31(37)34-26-14-10-13-25(19-26)32(38)35-28-20-27(33)22(3)17-29(28)36/h10,13-20,36H,4-9,11-12,21H2,1-3H3,(H,34,37)(H,35,38). The number of anilines is 2. The maximum absolute atomic E-state index is 12.8. The molecule has 0 unspecified atom stereocenters. The van der Waals surface area contributed by atoms with Crippen molar-refractivity contribution in [1.82, 2.24) is 0 Å². The lowest BCUT2D eigenvalue weighted by atomic mass is 10.0. The van der Waals surface area contributed by atoms with E-state index in [1.165, 1.54) is 37.0 Å². The highest BCUT2D eigenvalue weighted by Crippen LogP contribution is 2.30. The number of unbranched alkanes of at least 4 members (excludes halogenated alkanes) is 4. The number of hydrogen-bond acceptors (Lipinski definition) is 4. The third-order valence-corrected chi connectivity index (χ3v) is 6.94. The van der Waals surface area contributed by atoms with E-state index < -0.39 is 5.91 Å². The first-order chi connectivity index (χ1) is 18.8. The van der Waals surface area contributed by atoms with E-state index in [0.29, 0.717) is 21.8 Å². The lowest BCUT2D eigenvalue weighted by Gasteiger charge is -2.14. The van der Waals surface area contributed by atoms with Gasteiger partial charge in [-0.15, -0.1) is 0 Å². The largest absolute Gasteiger partial charge is 0.506 e. The van der Waals surface area contributed by atoms with E-state index in [4.69, 9.17) is 16.3 Å². The van der Waals surface area contributed by atoms with Crippen molar-refractivity contribution in [1.29, 1.82) is 0 Å². The first-order valence-electron chi connectivity index (χ1n) is 13.8. The zero-order valence-corrected chi connectivity index (χ0v) is 23.9. The van der Waals surface area contributed by atoms with Crippen LogP contribution in [0, 0.1) is 6.92 Å².